The van der Waals surface area contributed by atoms with Crippen LogP contribution in [0, 0.1) is 0 Å². The van der Waals surface area contributed by atoms with Crippen LogP contribution in [0.15, 0.2) is 0 Å². The van der Waals surface area contributed by atoms with Gasteiger partial charge in [0, 0.05) is 12.1 Å². The normalized spacial score (nSPS) is 21.2. The van der Waals surface area contributed by atoms with Gasteiger partial charge in [-0.2, -0.15) is 0 Å². The van der Waals surface area contributed by atoms with Crippen molar-refractivity contribution in [3.05, 3.63) is 0 Å². The monoisotopic (exact) mass is 226 g/mol. The molecule has 0 aromatic rings. The highest BCUT2D eigenvalue weighted by molar-refractivity contribution is 4.80. The SMILES string of the molecule is CCCCC(CCC)N1CCC(NC)CC1. The first kappa shape index (κ1) is 14.0. The average molecular weight is 226 g/mol. The molecule has 0 radical (unpaired) electrons. The van der Waals surface area contributed by atoms with Crippen molar-refractivity contribution in [3.63, 3.8) is 0 Å². The van der Waals surface area contributed by atoms with Crippen molar-refractivity contribution in [2.75, 3.05) is 20.1 Å². The summed E-state index contributed by atoms with van der Waals surface area (Å²) in [6.45, 7) is 7.23. The molecule has 0 amide bonds. The maximum atomic E-state index is 3.41. The van der Waals surface area contributed by atoms with E-state index >= 15 is 0 Å². The van der Waals surface area contributed by atoms with Gasteiger partial charge in [-0.1, -0.05) is 33.1 Å². The maximum absolute atomic E-state index is 3.41. The second kappa shape index (κ2) is 8.08. The van der Waals surface area contributed by atoms with E-state index in [4.69, 9.17) is 0 Å². The van der Waals surface area contributed by atoms with Crippen LogP contribution in [0.3, 0.4) is 0 Å². The van der Waals surface area contributed by atoms with Gasteiger partial charge in [-0.25, -0.2) is 0 Å². The third-order valence-electron chi connectivity index (χ3n) is 3.97. The number of hydrogen-bond acceptors (Lipinski definition) is 2. The Hall–Kier alpha value is -0.0800. The summed E-state index contributed by atoms with van der Waals surface area (Å²) in [5.41, 5.74) is 0. The molecule has 1 saturated heterocycles. The van der Waals surface area contributed by atoms with Gasteiger partial charge in [0.15, 0.2) is 0 Å². The Morgan fingerprint density at radius 2 is 1.81 bits per heavy atom. The Kier molecular flexibility index (Phi) is 7.06. The lowest BCUT2D eigenvalue weighted by Crippen LogP contribution is -2.45. The molecule has 0 aliphatic carbocycles. The van der Waals surface area contributed by atoms with E-state index in [0.29, 0.717) is 0 Å². The van der Waals surface area contributed by atoms with Gasteiger partial charge in [0.05, 0.1) is 0 Å². The second-order valence-electron chi connectivity index (χ2n) is 5.18. The topological polar surface area (TPSA) is 15.3 Å². The van der Waals surface area contributed by atoms with Crippen LogP contribution in [0.1, 0.15) is 58.8 Å². The van der Waals surface area contributed by atoms with Crippen LogP contribution in [0.4, 0.5) is 0 Å². The van der Waals surface area contributed by atoms with Crippen molar-refractivity contribution in [1.29, 1.82) is 0 Å². The van der Waals surface area contributed by atoms with Crippen molar-refractivity contribution < 1.29 is 0 Å². The summed E-state index contributed by atoms with van der Waals surface area (Å²) in [6, 6.07) is 1.63. The second-order valence-corrected chi connectivity index (χ2v) is 5.18. The van der Waals surface area contributed by atoms with E-state index in [2.05, 4.69) is 31.1 Å². The molecule has 2 heteroatoms. The zero-order chi connectivity index (χ0) is 11.8. The van der Waals surface area contributed by atoms with Gasteiger partial charge < -0.3 is 10.2 Å². The number of rotatable bonds is 7. The minimum atomic E-state index is 0.768. The molecular formula is C14H30N2. The van der Waals surface area contributed by atoms with Crippen LogP contribution < -0.4 is 5.32 Å². The molecular weight excluding hydrogens is 196 g/mol. The van der Waals surface area contributed by atoms with Crippen molar-refractivity contribution in [2.24, 2.45) is 0 Å². The fourth-order valence-corrected chi connectivity index (χ4v) is 2.84. The Balaban J connectivity index is 2.33. The summed E-state index contributed by atoms with van der Waals surface area (Å²) < 4.78 is 0. The van der Waals surface area contributed by atoms with Crippen LogP contribution in [-0.4, -0.2) is 37.1 Å². The van der Waals surface area contributed by atoms with Gasteiger partial charge in [-0.3, -0.25) is 0 Å². The standard InChI is InChI=1S/C14H30N2/c1-4-6-8-14(7-5-2)16-11-9-13(15-3)10-12-16/h13-15H,4-12H2,1-3H3. The fraction of sp³-hybridized carbons (Fsp3) is 1.00. The van der Waals surface area contributed by atoms with E-state index < -0.39 is 0 Å². The molecule has 0 aromatic heterocycles. The Morgan fingerprint density at radius 1 is 1.12 bits per heavy atom. The van der Waals surface area contributed by atoms with Gasteiger partial charge in [-0.05, 0) is 45.8 Å². The van der Waals surface area contributed by atoms with E-state index in [1.165, 1.54) is 58.0 Å². The predicted octanol–water partition coefficient (Wildman–Crippen LogP) is 3.03. The van der Waals surface area contributed by atoms with E-state index in [1.807, 2.05) is 0 Å². The molecule has 1 N–H and O–H groups in total. The Bertz CT molecular complexity index is 162. The van der Waals surface area contributed by atoms with Gasteiger partial charge in [-0.15, -0.1) is 0 Å². The summed E-state index contributed by atoms with van der Waals surface area (Å²) in [4.78, 5) is 2.74. The van der Waals surface area contributed by atoms with Crippen molar-refractivity contribution in [1.82, 2.24) is 10.2 Å². The number of piperidine rings is 1. The van der Waals surface area contributed by atoms with Gasteiger partial charge >= 0.3 is 0 Å². The smallest absolute Gasteiger partial charge is 0.00951 e. The van der Waals surface area contributed by atoms with Gasteiger partial charge in [0.2, 0.25) is 0 Å². The van der Waals surface area contributed by atoms with E-state index in [9.17, 15) is 0 Å². The molecule has 1 aliphatic rings. The number of unbranched alkanes of at least 4 members (excludes halogenated alkanes) is 1. The first-order valence-corrected chi connectivity index (χ1v) is 7.23. The minimum absolute atomic E-state index is 0.768. The van der Waals surface area contributed by atoms with Crippen molar-refractivity contribution >= 4 is 0 Å². The first-order valence-electron chi connectivity index (χ1n) is 7.23. The third kappa shape index (κ3) is 4.42. The molecule has 0 aromatic carbocycles. The van der Waals surface area contributed by atoms with Gasteiger partial charge in [0.1, 0.15) is 0 Å². The lowest BCUT2D eigenvalue weighted by atomic mass is 9.98. The quantitative estimate of drug-likeness (QED) is 0.718. The summed E-state index contributed by atoms with van der Waals surface area (Å²) >= 11 is 0. The zero-order valence-electron chi connectivity index (χ0n) is 11.5. The maximum Gasteiger partial charge on any atom is 0.00951 e. The molecule has 1 heterocycles. The average Bonchev–Trinajstić information content (AvgIpc) is 2.35. The van der Waals surface area contributed by atoms with Crippen LogP contribution in [0.25, 0.3) is 0 Å². The molecule has 2 nitrogen and oxygen atoms in total. The number of nitrogens with one attached hydrogen (secondary N) is 1. The first-order chi connectivity index (χ1) is 7.81. The molecule has 1 fully saturated rings. The number of likely N-dealkylation sites (tertiary alicyclic amines) is 1. The van der Waals surface area contributed by atoms with Crippen LogP contribution in [0.5, 0.6) is 0 Å². The van der Waals surface area contributed by atoms with Crippen LogP contribution >= 0.6 is 0 Å². The van der Waals surface area contributed by atoms with Crippen LogP contribution in [0.2, 0.25) is 0 Å². The van der Waals surface area contributed by atoms with E-state index in [-0.39, 0.29) is 0 Å². The molecule has 96 valence electrons. The Labute approximate surface area is 102 Å². The molecule has 16 heavy (non-hydrogen) atoms. The third-order valence-corrected chi connectivity index (χ3v) is 3.97. The van der Waals surface area contributed by atoms with Crippen LogP contribution in [-0.2, 0) is 0 Å². The summed E-state index contributed by atoms with van der Waals surface area (Å²) in [5.74, 6) is 0. The van der Waals surface area contributed by atoms with Crippen molar-refractivity contribution in [2.45, 2.75) is 70.9 Å². The number of nitrogens with zero attached hydrogens (tertiary/aromatic N) is 1. The highest BCUT2D eigenvalue weighted by atomic mass is 15.2. The molecule has 1 aliphatic heterocycles. The fourth-order valence-electron chi connectivity index (χ4n) is 2.84. The molecule has 0 bridgehead atoms. The summed E-state index contributed by atoms with van der Waals surface area (Å²) in [7, 11) is 2.10. The summed E-state index contributed by atoms with van der Waals surface area (Å²) in [6.07, 6.45) is 9.55. The highest BCUT2D eigenvalue weighted by Gasteiger charge is 2.23. The predicted molar refractivity (Wildman–Crippen MR) is 71.9 cm³/mol. The summed E-state index contributed by atoms with van der Waals surface area (Å²) in [5, 5.41) is 3.41. The van der Waals surface area contributed by atoms with E-state index in [0.717, 1.165) is 12.1 Å². The molecule has 0 saturated carbocycles. The minimum Gasteiger partial charge on any atom is -0.317 e. The van der Waals surface area contributed by atoms with Gasteiger partial charge in [0.25, 0.3) is 0 Å². The molecule has 0 spiro atoms. The van der Waals surface area contributed by atoms with Crippen molar-refractivity contribution in [3.8, 4) is 0 Å². The highest BCUT2D eigenvalue weighted by Crippen LogP contribution is 2.19. The molecule has 1 atom stereocenters. The number of hydrogen-bond donors (Lipinski definition) is 1. The zero-order valence-corrected chi connectivity index (χ0v) is 11.5. The largest absolute Gasteiger partial charge is 0.317 e. The molecule has 1 rings (SSSR count). The lowest BCUT2D eigenvalue weighted by Gasteiger charge is -2.37. The lowest BCUT2D eigenvalue weighted by molar-refractivity contribution is 0.129. The molecule has 1 unspecified atom stereocenters. The van der Waals surface area contributed by atoms with E-state index in [1.54, 1.807) is 0 Å². The Morgan fingerprint density at radius 3 is 2.31 bits per heavy atom.